The number of halogens is 1. The molecule has 0 saturated carbocycles. The van der Waals surface area contributed by atoms with Gasteiger partial charge in [-0.05, 0) is 59.5 Å². The first-order chi connectivity index (χ1) is 15.6. The average molecular weight is 428 g/mol. The van der Waals surface area contributed by atoms with Crippen molar-refractivity contribution in [2.24, 2.45) is 0 Å². The molecule has 4 aromatic rings. The molecule has 2 heterocycles. The van der Waals surface area contributed by atoms with Gasteiger partial charge in [-0.2, -0.15) is 0 Å². The zero-order valence-corrected chi connectivity index (χ0v) is 17.5. The lowest BCUT2D eigenvalue weighted by Crippen LogP contribution is -2.07. The smallest absolute Gasteiger partial charge is 0.248 e. The summed E-state index contributed by atoms with van der Waals surface area (Å²) in [5.41, 5.74) is 4.28. The van der Waals surface area contributed by atoms with Crippen LogP contribution >= 0.6 is 0 Å². The van der Waals surface area contributed by atoms with E-state index in [1.165, 1.54) is 18.2 Å². The summed E-state index contributed by atoms with van der Waals surface area (Å²) in [5.74, 6) is 0.616. The third-order valence-electron chi connectivity index (χ3n) is 4.84. The molecule has 0 bridgehead atoms. The summed E-state index contributed by atoms with van der Waals surface area (Å²) in [6.45, 7) is 1.76. The van der Waals surface area contributed by atoms with E-state index >= 15 is 0 Å². The minimum absolute atomic E-state index is 0.256. The Hall–Kier alpha value is -4.13. The number of aromatic nitrogens is 3. The third-order valence-corrected chi connectivity index (χ3v) is 4.84. The van der Waals surface area contributed by atoms with Gasteiger partial charge < -0.3 is 9.73 Å². The molecule has 160 valence electrons. The van der Waals surface area contributed by atoms with E-state index in [1.807, 2.05) is 30.3 Å². The summed E-state index contributed by atoms with van der Waals surface area (Å²) >= 11 is 0. The number of carbonyl (C=O) groups is 1. The highest BCUT2D eigenvalue weighted by Crippen LogP contribution is 2.24. The van der Waals surface area contributed by atoms with Crippen LogP contribution in [0.15, 0.2) is 77.5 Å². The van der Waals surface area contributed by atoms with Crippen LogP contribution in [0, 0.1) is 12.7 Å². The molecule has 0 saturated heterocycles. The van der Waals surface area contributed by atoms with Crippen LogP contribution in [0.3, 0.4) is 0 Å². The topological polar surface area (TPSA) is 80.9 Å². The van der Waals surface area contributed by atoms with Crippen LogP contribution in [0.1, 0.15) is 22.9 Å². The number of anilines is 1. The second-order valence-electron chi connectivity index (χ2n) is 7.20. The van der Waals surface area contributed by atoms with Crippen LogP contribution < -0.4 is 5.32 Å². The van der Waals surface area contributed by atoms with Crippen LogP contribution in [0.25, 0.3) is 17.2 Å². The van der Waals surface area contributed by atoms with Crippen LogP contribution in [0.5, 0.6) is 0 Å². The Morgan fingerprint density at radius 2 is 1.81 bits per heavy atom. The standard InChI is InChI=1S/C25H21FN4O2/c1-17-29-30-25(32-17)13-4-18-2-10-22(11-3-18)28-24(31)12-7-20-16-27-15-14-23(20)19-5-8-21(26)9-6-19/h2-3,5-12,14-16H,4,13H2,1H3,(H,28,31)/b12-7+. The highest BCUT2D eigenvalue weighted by Gasteiger charge is 2.06. The Bertz CT molecular complexity index is 1230. The highest BCUT2D eigenvalue weighted by molar-refractivity contribution is 6.02. The van der Waals surface area contributed by atoms with Crippen LogP contribution in [-0.4, -0.2) is 21.1 Å². The molecule has 0 atom stereocenters. The fourth-order valence-corrected chi connectivity index (χ4v) is 3.23. The maximum absolute atomic E-state index is 13.2. The Labute approximate surface area is 184 Å². The molecule has 0 radical (unpaired) electrons. The van der Waals surface area contributed by atoms with Crippen molar-refractivity contribution in [2.45, 2.75) is 19.8 Å². The first kappa shape index (κ1) is 21.1. The molecule has 0 aliphatic heterocycles. The fraction of sp³-hybridized carbons (Fsp3) is 0.120. The first-order valence-corrected chi connectivity index (χ1v) is 10.1. The molecule has 0 unspecified atom stereocenters. The van der Waals surface area contributed by atoms with Crippen molar-refractivity contribution in [3.8, 4) is 11.1 Å². The fourth-order valence-electron chi connectivity index (χ4n) is 3.23. The van der Waals surface area contributed by atoms with Crippen molar-refractivity contribution in [1.82, 2.24) is 15.2 Å². The maximum atomic E-state index is 13.2. The SMILES string of the molecule is Cc1nnc(CCc2ccc(NC(=O)/C=C/c3cnccc3-c3ccc(F)cc3)cc2)o1. The number of hydrogen-bond donors (Lipinski definition) is 1. The molecule has 6 nitrogen and oxygen atoms in total. The van der Waals surface area contributed by atoms with Gasteiger partial charge in [-0.15, -0.1) is 10.2 Å². The summed E-state index contributed by atoms with van der Waals surface area (Å²) in [5, 5.41) is 10.7. The van der Waals surface area contributed by atoms with Gasteiger partial charge in [-0.1, -0.05) is 24.3 Å². The Kier molecular flexibility index (Phi) is 6.46. The van der Waals surface area contributed by atoms with Gasteiger partial charge in [0.05, 0.1) is 0 Å². The molecule has 32 heavy (non-hydrogen) atoms. The second kappa shape index (κ2) is 9.78. The second-order valence-corrected chi connectivity index (χ2v) is 7.20. The van der Waals surface area contributed by atoms with Crippen molar-refractivity contribution in [2.75, 3.05) is 5.32 Å². The molecule has 2 aromatic carbocycles. The molecule has 1 amide bonds. The Balaban J connectivity index is 1.37. The summed E-state index contributed by atoms with van der Waals surface area (Å²) in [4.78, 5) is 16.5. The van der Waals surface area contributed by atoms with E-state index in [2.05, 4.69) is 20.5 Å². The number of carbonyl (C=O) groups excluding carboxylic acids is 1. The summed E-state index contributed by atoms with van der Waals surface area (Å²) < 4.78 is 18.6. The number of nitrogens with zero attached hydrogens (tertiary/aromatic N) is 3. The number of nitrogens with one attached hydrogen (secondary N) is 1. The van der Waals surface area contributed by atoms with Gasteiger partial charge in [0.15, 0.2) is 0 Å². The number of hydrogen-bond acceptors (Lipinski definition) is 5. The van der Waals surface area contributed by atoms with Crippen LogP contribution in [0.4, 0.5) is 10.1 Å². The van der Waals surface area contributed by atoms with E-state index in [0.717, 1.165) is 28.7 Å². The lowest BCUT2D eigenvalue weighted by Gasteiger charge is -2.06. The van der Waals surface area contributed by atoms with Crippen LogP contribution in [0.2, 0.25) is 0 Å². The zero-order chi connectivity index (χ0) is 22.3. The van der Waals surface area contributed by atoms with E-state index in [9.17, 15) is 9.18 Å². The lowest BCUT2D eigenvalue weighted by molar-refractivity contribution is -0.111. The molecule has 7 heteroatoms. The number of rotatable bonds is 7. The third kappa shape index (κ3) is 5.51. The molecule has 0 spiro atoms. The normalized spacial score (nSPS) is 11.1. The zero-order valence-electron chi connectivity index (χ0n) is 17.5. The summed E-state index contributed by atoms with van der Waals surface area (Å²) in [7, 11) is 0. The Morgan fingerprint density at radius 3 is 2.53 bits per heavy atom. The highest BCUT2D eigenvalue weighted by atomic mass is 19.1. The van der Waals surface area contributed by atoms with Crippen LogP contribution in [-0.2, 0) is 17.6 Å². The number of pyridine rings is 1. The minimum atomic E-state index is -0.296. The van der Waals surface area contributed by atoms with Crippen molar-refractivity contribution >= 4 is 17.7 Å². The monoisotopic (exact) mass is 428 g/mol. The first-order valence-electron chi connectivity index (χ1n) is 10.1. The number of benzene rings is 2. The van der Waals surface area contributed by atoms with E-state index in [-0.39, 0.29) is 11.7 Å². The number of amides is 1. The molecule has 2 aromatic heterocycles. The van der Waals surface area contributed by atoms with E-state index in [0.29, 0.717) is 23.9 Å². The van der Waals surface area contributed by atoms with Gasteiger partial charge in [0, 0.05) is 43.1 Å². The quantitative estimate of drug-likeness (QED) is 0.418. The molecule has 1 N–H and O–H groups in total. The van der Waals surface area contributed by atoms with Crippen molar-refractivity contribution in [3.05, 3.63) is 102 Å². The molecule has 0 aliphatic carbocycles. The van der Waals surface area contributed by atoms with Crippen molar-refractivity contribution in [1.29, 1.82) is 0 Å². The molecule has 0 aliphatic rings. The summed E-state index contributed by atoms with van der Waals surface area (Å²) in [6, 6.07) is 15.7. The Morgan fingerprint density at radius 1 is 1.03 bits per heavy atom. The molecule has 4 rings (SSSR count). The van der Waals surface area contributed by atoms with Crippen molar-refractivity contribution in [3.63, 3.8) is 0 Å². The van der Waals surface area contributed by atoms with Gasteiger partial charge in [-0.25, -0.2) is 4.39 Å². The van der Waals surface area contributed by atoms with E-state index < -0.39 is 0 Å². The van der Waals surface area contributed by atoms with Gasteiger partial charge in [0.2, 0.25) is 17.7 Å². The molecule has 0 fully saturated rings. The predicted molar refractivity (Wildman–Crippen MR) is 120 cm³/mol. The largest absolute Gasteiger partial charge is 0.426 e. The average Bonchev–Trinajstić information content (AvgIpc) is 3.23. The van der Waals surface area contributed by atoms with Crippen molar-refractivity contribution < 1.29 is 13.6 Å². The minimum Gasteiger partial charge on any atom is -0.426 e. The van der Waals surface area contributed by atoms with E-state index in [1.54, 1.807) is 37.5 Å². The van der Waals surface area contributed by atoms with Gasteiger partial charge in [0.25, 0.3) is 0 Å². The predicted octanol–water partition coefficient (Wildman–Crippen LogP) is 5.02. The molecular weight excluding hydrogens is 407 g/mol. The van der Waals surface area contributed by atoms with Gasteiger partial charge in [0.1, 0.15) is 5.82 Å². The van der Waals surface area contributed by atoms with E-state index in [4.69, 9.17) is 4.42 Å². The summed E-state index contributed by atoms with van der Waals surface area (Å²) in [6.07, 6.45) is 7.91. The number of aryl methyl sites for hydroxylation is 3. The maximum Gasteiger partial charge on any atom is 0.248 e. The van der Waals surface area contributed by atoms with Gasteiger partial charge in [-0.3, -0.25) is 9.78 Å². The molecular formula is C25H21FN4O2. The van der Waals surface area contributed by atoms with Gasteiger partial charge >= 0.3 is 0 Å². The lowest BCUT2D eigenvalue weighted by atomic mass is 10.0.